The average Bonchev–Trinajstić information content (AvgIpc) is 3.35. The Labute approximate surface area is 176 Å². The lowest BCUT2D eigenvalue weighted by Crippen LogP contribution is -2.32. The van der Waals surface area contributed by atoms with E-state index in [9.17, 15) is 14.4 Å². The minimum absolute atomic E-state index is 0.0994. The molecule has 1 fully saturated rings. The zero-order valence-electron chi connectivity index (χ0n) is 17.6. The number of likely N-dealkylation sites (tertiary alicyclic amines) is 1. The summed E-state index contributed by atoms with van der Waals surface area (Å²) in [4.78, 5) is 41.8. The summed E-state index contributed by atoms with van der Waals surface area (Å²) in [6, 6.07) is 7.28. The van der Waals surface area contributed by atoms with Crippen molar-refractivity contribution in [2.45, 2.75) is 40.2 Å². The molecule has 1 aromatic heterocycles. The monoisotopic (exact) mass is 412 g/mol. The van der Waals surface area contributed by atoms with E-state index in [0.29, 0.717) is 34.7 Å². The first-order valence-corrected chi connectivity index (χ1v) is 10.2. The van der Waals surface area contributed by atoms with Crippen LogP contribution in [0, 0.1) is 13.8 Å². The SMILES string of the molecule is CCOC(=O)c1c(C)[nH]c(C(=O)NCc2cccc(NC(=O)N3CCCC3)c2)c1C. The number of urea groups is 1. The normalized spacial score (nSPS) is 13.2. The van der Waals surface area contributed by atoms with Gasteiger partial charge in [0, 0.05) is 31.0 Å². The molecule has 0 unspecified atom stereocenters. The van der Waals surface area contributed by atoms with Crippen molar-refractivity contribution in [2.24, 2.45) is 0 Å². The molecule has 8 nitrogen and oxygen atoms in total. The van der Waals surface area contributed by atoms with Crippen LogP contribution in [0.5, 0.6) is 0 Å². The summed E-state index contributed by atoms with van der Waals surface area (Å²) in [6.07, 6.45) is 2.07. The molecule has 160 valence electrons. The van der Waals surface area contributed by atoms with E-state index in [1.54, 1.807) is 25.7 Å². The molecule has 3 rings (SSSR count). The van der Waals surface area contributed by atoms with Gasteiger partial charge in [-0.25, -0.2) is 9.59 Å². The number of amides is 3. The van der Waals surface area contributed by atoms with Gasteiger partial charge in [0.15, 0.2) is 0 Å². The van der Waals surface area contributed by atoms with E-state index in [0.717, 1.165) is 31.5 Å². The van der Waals surface area contributed by atoms with E-state index in [2.05, 4.69) is 15.6 Å². The molecule has 8 heteroatoms. The van der Waals surface area contributed by atoms with E-state index in [4.69, 9.17) is 4.74 Å². The van der Waals surface area contributed by atoms with Crippen molar-refractivity contribution in [3.8, 4) is 0 Å². The Kier molecular flexibility index (Phi) is 6.76. The topological polar surface area (TPSA) is 104 Å². The number of nitrogens with one attached hydrogen (secondary N) is 3. The largest absolute Gasteiger partial charge is 0.462 e. The highest BCUT2D eigenvalue weighted by atomic mass is 16.5. The third kappa shape index (κ3) is 4.82. The molecule has 0 atom stereocenters. The van der Waals surface area contributed by atoms with Crippen molar-refractivity contribution in [3.05, 3.63) is 52.3 Å². The first-order valence-electron chi connectivity index (χ1n) is 10.2. The van der Waals surface area contributed by atoms with Gasteiger partial charge in [-0.15, -0.1) is 0 Å². The van der Waals surface area contributed by atoms with Crippen molar-refractivity contribution in [2.75, 3.05) is 25.0 Å². The third-order valence-corrected chi connectivity index (χ3v) is 5.17. The van der Waals surface area contributed by atoms with Crippen LogP contribution in [-0.4, -0.2) is 47.5 Å². The summed E-state index contributed by atoms with van der Waals surface area (Å²) in [5.41, 5.74) is 3.45. The van der Waals surface area contributed by atoms with Crippen LogP contribution in [0.2, 0.25) is 0 Å². The summed E-state index contributed by atoms with van der Waals surface area (Å²) in [6.45, 7) is 7.33. The van der Waals surface area contributed by atoms with E-state index in [-0.39, 0.29) is 18.5 Å². The number of carbonyl (C=O) groups is 3. The van der Waals surface area contributed by atoms with Crippen molar-refractivity contribution < 1.29 is 19.1 Å². The van der Waals surface area contributed by atoms with Crippen molar-refractivity contribution in [1.29, 1.82) is 0 Å². The fourth-order valence-electron chi connectivity index (χ4n) is 3.64. The molecule has 2 aromatic rings. The number of benzene rings is 1. The van der Waals surface area contributed by atoms with Crippen LogP contribution in [0.3, 0.4) is 0 Å². The van der Waals surface area contributed by atoms with Gasteiger partial charge in [-0.1, -0.05) is 12.1 Å². The zero-order valence-corrected chi connectivity index (χ0v) is 17.6. The summed E-state index contributed by atoms with van der Waals surface area (Å²) in [7, 11) is 0. The smallest absolute Gasteiger partial charge is 0.340 e. The summed E-state index contributed by atoms with van der Waals surface area (Å²) >= 11 is 0. The first-order chi connectivity index (χ1) is 14.4. The van der Waals surface area contributed by atoms with Gasteiger partial charge in [-0.05, 0) is 56.9 Å². The molecule has 3 amide bonds. The Morgan fingerprint density at radius 1 is 1.17 bits per heavy atom. The maximum absolute atomic E-state index is 12.7. The number of ether oxygens (including phenoxy) is 1. The number of aromatic nitrogens is 1. The Morgan fingerprint density at radius 3 is 2.60 bits per heavy atom. The number of anilines is 1. The average molecular weight is 412 g/mol. The van der Waals surface area contributed by atoms with Gasteiger partial charge in [0.1, 0.15) is 5.69 Å². The molecule has 1 aliphatic heterocycles. The highest BCUT2D eigenvalue weighted by molar-refractivity contribution is 6.00. The number of hydrogen-bond acceptors (Lipinski definition) is 4. The molecule has 1 saturated heterocycles. The molecule has 1 aromatic carbocycles. The predicted octanol–water partition coefficient (Wildman–Crippen LogP) is 3.37. The standard InChI is InChI=1S/C22H28N4O4/c1-4-30-21(28)18-14(2)19(24-15(18)3)20(27)23-13-16-8-7-9-17(12-16)25-22(29)26-10-5-6-11-26/h7-9,12,24H,4-6,10-11,13H2,1-3H3,(H,23,27)(H,25,29). The molecule has 0 spiro atoms. The molecule has 30 heavy (non-hydrogen) atoms. The van der Waals surface area contributed by atoms with Crippen LogP contribution >= 0.6 is 0 Å². The Balaban J connectivity index is 1.63. The maximum Gasteiger partial charge on any atom is 0.340 e. The Hall–Kier alpha value is -3.29. The Bertz CT molecular complexity index is 945. The van der Waals surface area contributed by atoms with Gasteiger partial charge in [-0.2, -0.15) is 0 Å². The minimum atomic E-state index is -0.441. The van der Waals surface area contributed by atoms with Gasteiger partial charge in [0.05, 0.1) is 12.2 Å². The summed E-state index contributed by atoms with van der Waals surface area (Å²) in [5, 5.41) is 5.76. The van der Waals surface area contributed by atoms with Gasteiger partial charge in [-0.3, -0.25) is 4.79 Å². The van der Waals surface area contributed by atoms with Crippen LogP contribution in [-0.2, 0) is 11.3 Å². The lowest BCUT2D eigenvalue weighted by molar-refractivity contribution is 0.0525. The van der Waals surface area contributed by atoms with Crippen molar-refractivity contribution in [3.63, 3.8) is 0 Å². The molecule has 1 aliphatic rings. The minimum Gasteiger partial charge on any atom is -0.462 e. The summed E-state index contributed by atoms with van der Waals surface area (Å²) in [5.74, 6) is -0.748. The van der Waals surface area contributed by atoms with E-state index in [1.807, 2.05) is 24.3 Å². The number of aromatic amines is 1. The van der Waals surface area contributed by atoms with Crippen molar-refractivity contribution in [1.82, 2.24) is 15.2 Å². The fourth-order valence-corrected chi connectivity index (χ4v) is 3.64. The number of nitrogens with zero attached hydrogens (tertiary/aromatic N) is 1. The molecule has 0 bridgehead atoms. The molecular weight excluding hydrogens is 384 g/mol. The molecule has 3 N–H and O–H groups in total. The molecule has 0 aliphatic carbocycles. The van der Waals surface area contributed by atoms with Gasteiger partial charge < -0.3 is 25.3 Å². The number of aryl methyl sites for hydroxylation is 1. The van der Waals surface area contributed by atoms with Crippen LogP contribution in [0.25, 0.3) is 0 Å². The lowest BCUT2D eigenvalue weighted by Gasteiger charge is -2.16. The van der Waals surface area contributed by atoms with Gasteiger partial charge >= 0.3 is 12.0 Å². The molecule has 0 saturated carbocycles. The second-order valence-electron chi connectivity index (χ2n) is 7.35. The number of H-pyrrole nitrogens is 1. The number of esters is 1. The van der Waals surface area contributed by atoms with Gasteiger partial charge in [0.25, 0.3) is 5.91 Å². The second-order valence-corrected chi connectivity index (χ2v) is 7.35. The van der Waals surface area contributed by atoms with Crippen LogP contribution in [0.1, 0.15) is 57.4 Å². The Morgan fingerprint density at radius 2 is 1.90 bits per heavy atom. The summed E-state index contributed by atoms with van der Waals surface area (Å²) < 4.78 is 5.07. The van der Waals surface area contributed by atoms with Crippen molar-refractivity contribution >= 4 is 23.6 Å². The van der Waals surface area contributed by atoms with Crippen LogP contribution in [0.4, 0.5) is 10.5 Å². The number of carbonyl (C=O) groups excluding carboxylic acids is 3. The van der Waals surface area contributed by atoms with E-state index >= 15 is 0 Å². The van der Waals surface area contributed by atoms with E-state index < -0.39 is 5.97 Å². The van der Waals surface area contributed by atoms with E-state index in [1.165, 1.54) is 0 Å². The third-order valence-electron chi connectivity index (χ3n) is 5.17. The van der Waals surface area contributed by atoms with Crippen LogP contribution in [0.15, 0.2) is 24.3 Å². The quantitative estimate of drug-likeness (QED) is 0.633. The van der Waals surface area contributed by atoms with Gasteiger partial charge in [0.2, 0.25) is 0 Å². The number of rotatable bonds is 6. The fraction of sp³-hybridized carbons (Fsp3) is 0.409. The number of hydrogen-bond donors (Lipinski definition) is 3. The second kappa shape index (κ2) is 9.47. The first kappa shape index (κ1) is 21.4. The molecule has 2 heterocycles. The molecular formula is C22H28N4O4. The predicted molar refractivity (Wildman–Crippen MR) is 114 cm³/mol. The highest BCUT2D eigenvalue weighted by Gasteiger charge is 2.23. The highest BCUT2D eigenvalue weighted by Crippen LogP contribution is 2.19. The van der Waals surface area contributed by atoms with Crippen LogP contribution < -0.4 is 10.6 Å². The lowest BCUT2D eigenvalue weighted by atomic mass is 10.1. The maximum atomic E-state index is 12.7. The zero-order chi connectivity index (χ0) is 21.7. The molecule has 0 radical (unpaired) electrons.